The standard InChI is InChI=1S/CH2O3.3Ca.ClH.H2O4S.6H/c2-1(3)4;;;;;1-5(2,3)4;;;;;;/h(H2,2,3,4);;;;1H;(H2,1,2,3,4);;;;;;. The predicted molar refractivity (Wildman–Crippen MR) is 57.7 cm³/mol. The second-order valence-corrected chi connectivity index (χ2v) is 1.63. The van der Waals surface area contributed by atoms with Gasteiger partial charge in [-0.3, -0.25) is 9.11 Å². The molecule has 0 unspecified atom stereocenters. The molecule has 0 heterocycles. The van der Waals surface area contributed by atoms with Gasteiger partial charge in [-0.2, -0.15) is 8.42 Å². The predicted octanol–water partition coefficient (Wildman–Crippen LogP) is -2.76. The zero-order valence-corrected chi connectivity index (χ0v) is 5.96. The summed E-state index contributed by atoms with van der Waals surface area (Å²) in [5.74, 6) is 0. The Morgan fingerprint density at radius 3 is 0.923 bits per heavy atom. The molecule has 13 heavy (non-hydrogen) atoms. The molecule has 7 nitrogen and oxygen atoms in total. The molecule has 0 fully saturated rings. The molecule has 0 spiro atoms. The Balaban J connectivity index is -0.0000000146. The first-order valence-electron chi connectivity index (χ1n) is 1.35. The average Bonchev–Trinajstić information content (AvgIpc) is 1.19. The first-order valence-corrected chi connectivity index (χ1v) is 2.75. The molecule has 0 amide bonds. The number of carboxylic acid groups (broad SMARTS) is 2. The van der Waals surface area contributed by atoms with E-state index in [1.807, 2.05) is 0 Å². The Hall–Kier alpha value is 3.21. The number of carbonyl (C=O) groups is 1. The third-order valence-electron chi connectivity index (χ3n) is 0. The van der Waals surface area contributed by atoms with E-state index in [1.165, 1.54) is 0 Å². The Bertz CT molecular complexity index is 166. The topological polar surface area (TPSA) is 132 Å². The van der Waals surface area contributed by atoms with Crippen LogP contribution in [-0.2, 0) is 10.4 Å². The molecule has 0 radical (unpaired) electrons. The van der Waals surface area contributed by atoms with Crippen molar-refractivity contribution in [2.75, 3.05) is 0 Å². The van der Waals surface area contributed by atoms with Crippen LogP contribution in [0.2, 0.25) is 0 Å². The van der Waals surface area contributed by atoms with Crippen LogP contribution < -0.4 is 0 Å². The van der Waals surface area contributed by atoms with Crippen molar-refractivity contribution in [3.63, 3.8) is 0 Å². The molecule has 0 aliphatic rings. The van der Waals surface area contributed by atoms with Crippen LogP contribution in [0.1, 0.15) is 0 Å². The maximum atomic E-state index is 8.74. The molecule has 0 saturated carbocycles. The van der Waals surface area contributed by atoms with Gasteiger partial charge < -0.3 is 10.2 Å². The molecule has 0 aromatic heterocycles. The fourth-order valence-corrected chi connectivity index (χ4v) is 0. The van der Waals surface area contributed by atoms with E-state index in [0.29, 0.717) is 0 Å². The Labute approximate surface area is 171 Å². The molecule has 76 valence electrons. The first-order chi connectivity index (χ1) is 3.73. The van der Waals surface area contributed by atoms with Gasteiger partial charge in [0, 0.05) is 0 Å². The number of hydrogen-bond acceptors (Lipinski definition) is 3. The Morgan fingerprint density at radius 1 is 0.923 bits per heavy atom. The number of hydrogen-bond donors (Lipinski definition) is 4. The fraction of sp³-hybridized carbons (Fsp3) is 0. The summed E-state index contributed by atoms with van der Waals surface area (Å²) in [6, 6.07) is 0. The van der Waals surface area contributed by atoms with Gasteiger partial charge in [-0.05, 0) is 0 Å². The van der Waals surface area contributed by atoms with Crippen LogP contribution in [-0.4, -0.2) is 147 Å². The second kappa shape index (κ2) is 20.6. The molecule has 0 aliphatic carbocycles. The zero-order chi connectivity index (χ0) is 8.08. The molecule has 0 bridgehead atoms. The van der Waals surface area contributed by atoms with Crippen LogP contribution in [0.3, 0.4) is 0 Å². The quantitative estimate of drug-likeness (QED) is 0.280. The van der Waals surface area contributed by atoms with E-state index < -0.39 is 16.6 Å². The molecule has 0 aromatic carbocycles. The fourth-order valence-electron chi connectivity index (χ4n) is 0. The summed E-state index contributed by atoms with van der Waals surface area (Å²) in [5, 5.41) is 13.9. The van der Waals surface area contributed by atoms with Crippen LogP contribution in [0.4, 0.5) is 4.79 Å². The Kier molecular flexibility index (Phi) is 57.0. The number of halogens is 1. The summed E-state index contributed by atoms with van der Waals surface area (Å²) in [6.07, 6.45) is -1.83. The second-order valence-electron chi connectivity index (χ2n) is 0.730. The summed E-state index contributed by atoms with van der Waals surface area (Å²) >= 11 is 0. The van der Waals surface area contributed by atoms with Crippen LogP contribution >= 0.6 is 12.4 Å². The van der Waals surface area contributed by atoms with Gasteiger partial charge >= 0.3 is 130 Å². The summed E-state index contributed by atoms with van der Waals surface area (Å²) in [7, 11) is -4.67. The third-order valence-corrected chi connectivity index (χ3v) is 0. The summed E-state index contributed by atoms with van der Waals surface area (Å²) in [6.45, 7) is 0. The maximum absolute atomic E-state index is 8.74. The van der Waals surface area contributed by atoms with Gasteiger partial charge in [0.05, 0.1) is 0 Å². The van der Waals surface area contributed by atoms with E-state index >= 15 is 0 Å². The van der Waals surface area contributed by atoms with E-state index in [1.54, 1.807) is 0 Å². The van der Waals surface area contributed by atoms with Crippen molar-refractivity contribution in [2.45, 2.75) is 0 Å². The molecular weight excluding hydrogens is 312 g/mol. The van der Waals surface area contributed by atoms with Crippen LogP contribution in [0.15, 0.2) is 0 Å². The third kappa shape index (κ3) is 258. The zero-order valence-electron chi connectivity index (χ0n) is 4.33. The molecule has 4 N–H and O–H groups in total. The van der Waals surface area contributed by atoms with Gasteiger partial charge in [-0.25, -0.2) is 4.79 Å². The molecule has 0 aromatic rings. The van der Waals surface area contributed by atoms with Gasteiger partial charge in [0.15, 0.2) is 0 Å². The van der Waals surface area contributed by atoms with Crippen molar-refractivity contribution in [3.8, 4) is 0 Å². The van der Waals surface area contributed by atoms with Gasteiger partial charge in [-0.15, -0.1) is 12.4 Å². The first kappa shape index (κ1) is 36.0. The molecular formula is CH11Ca3ClO7S. The van der Waals surface area contributed by atoms with E-state index in [-0.39, 0.29) is 126 Å². The summed E-state index contributed by atoms with van der Waals surface area (Å²) in [4.78, 5) is 8.56. The minimum absolute atomic E-state index is 0. The molecule has 0 saturated heterocycles. The van der Waals surface area contributed by atoms with Crippen molar-refractivity contribution in [1.82, 2.24) is 0 Å². The van der Waals surface area contributed by atoms with E-state index in [9.17, 15) is 0 Å². The van der Waals surface area contributed by atoms with Crippen molar-refractivity contribution in [1.29, 1.82) is 0 Å². The van der Waals surface area contributed by atoms with Crippen molar-refractivity contribution in [2.24, 2.45) is 0 Å². The molecule has 0 aliphatic heterocycles. The minimum atomic E-state index is -4.67. The van der Waals surface area contributed by atoms with Gasteiger partial charge in [0.1, 0.15) is 0 Å². The molecule has 12 heteroatoms. The van der Waals surface area contributed by atoms with Crippen molar-refractivity contribution in [3.05, 3.63) is 0 Å². The van der Waals surface area contributed by atoms with Gasteiger partial charge in [0.25, 0.3) is 0 Å². The SMILES string of the molecule is Cl.O=C(O)O.O=S(=O)(O)O.[CaH2].[CaH2].[CaH2]. The average molecular weight is 323 g/mol. The van der Waals surface area contributed by atoms with Crippen molar-refractivity contribution < 1.29 is 32.5 Å². The van der Waals surface area contributed by atoms with E-state index in [0.717, 1.165) is 0 Å². The van der Waals surface area contributed by atoms with E-state index in [4.69, 9.17) is 32.5 Å². The van der Waals surface area contributed by atoms with Crippen LogP contribution in [0, 0.1) is 0 Å². The number of rotatable bonds is 0. The van der Waals surface area contributed by atoms with Gasteiger partial charge in [-0.1, -0.05) is 0 Å². The molecule has 0 atom stereocenters. The van der Waals surface area contributed by atoms with Gasteiger partial charge in [0.2, 0.25) is 0 Å². The summed E-state index contributed by atoms with van der Waals surface area (Å²) in [5.41, 5.74) is 0. The van der Waals surface area contributed by atoms with Crippen molar-refractivity contribution >= 4 is 142 Å². The monoisotopic (exact) mass is 322 g/mol. The Morgan fingerprint density at radius 2 is 0.923 bits per heavy atom. The summed E-state index contributed by atoms with van der Waals surface area (Å²) < 4.78 is 31.6. The van der Waals surface area contributed by atoms with Crippen LogP contribution in [0.25, 0.3) is 0 Å². The van der Waals surface area contributed by atoms with E-state index in [2.05, 4.69) is 0 Å². The normalized spacial score (nSPS) is 6.31. The molecule has 0 rings (SSSR count). The van der Waals surface area contributed by atoms with Crippen LogP contribution in [0.5, 0.6) is 0 Å².